The average molecular weight is 276 g/mol. The lowest BCUT2D eigenvalue weighted by atomic mass is 10.0. The Morgan fingerprint density at radius 2 is 1.80 bits per heavy atom. The Kier molecular flexibility index (Phi) is 4.48. The summed E-state index contributed by atoms with van der Waals surface area (Å²) < 4.78 is 32.0. The van der Waals surface area contributed by atoms with E-state index in [0.29, 0.717) is 5.56 Å². The van der Waals surface area contributed by atoms with Gasteiger partial charge in [0, 0.05) is 11.6 Å². The molecule has 20 heavy (non-hydrogen) atoms. The summed E-state index contributed by atoms with van der Waals surface area (Å²) in [5.74, 6) is -1.95. The SMILES string of the molecule is C=CCOc1cc(F)c(F)cc1C(O)c1ccccc1. The molecule has 2 aromatic rings. The van der Waals surface area contributed by atoms with Crippen molar-refractivity contribution in [2.45, 2.75) is 6.10 Å². The number of hydrogen-bond acceptors (Lipinski definition) is 2. The first kappa shape index (κ1) is 14.2. The Balaban J connectivity index is 2.43. The van der Waals surface area contributed by atoms with E-state index in [4.69, 9.17) is 4.74 Å². The molecule has 0 aromatic heterocycles. The zero-order valence-electron chi connectivity index (χ0n) is 10.7. The average Bonchev–Trinajstić information content (AvgIpc) is 2.48. The lowest BCUT2D eigenvalue weighted by Crippen LogP contribution is -2.06. The van der Waals surface area contributed by atoms with E-state index >= 15 is 0 Å². The van der Waals surface area contributed by atoms with Gasteiger partial charge in [-0.15, -0.1) is 0 Å². The number of hydrogen-bond donors (Lipinski definition) is 1. The summed E-state index contributed by atoms with van der Waals surface area (Å²) in [7, 11) is 0. The van der Waals surface area contributed by atoms with Gasteiger partial charge in [0.25, 0.3) is 0 Å². The molecule has 1 N–H and O–H groups in total. The van der Waals surface area contributed by atoms with E-state index in [1.54, 1.807) is 30.3 Å². The summed E-state index contributed by atoms with van der Waals surface area (Å²) in [5, 5.41) is 10.3. The van der Waals surface area contributed by atoms with Crippen LogP contribution in [-0.4, -0.2) is 11.7 Å². The van der Waals surface area contributed by atoms with Crippen LogP contribution in [0, 0.1) is 11.6 Å². The molecule has 0 fully saturated rings. The fourth-order valence-electron chi connectivity index (χ4n) is 1.85. The number of halogens is 2. The van der Waals surface area contributed by atoms with Gasteiger partial charge in [-0.1, -0.05) is 43.0 Å². The van der Waals surface area contributed by atoms with Crippen molar-refractivity contribution in [3.8, 4) is 5.75 Å². The summed E-state index contributed by atoms with van der Waals surface area (Å²) in [6, 6.07) is 10.6. The molecule has 0 spiro atoms. The predicted octanol–water partition coefficient (Wildman–Crippen LogP) is 3.61. The highest BCUT2D eigenvalue weighted by Gasteiger charge is 2.19. The second kappa shape index (κ2) is 6.30. The van der Waals surface area contributed by atoms with Crippen LogP contribution in [0.15, 0.2) is 55.1 Å². The predicted molar refractivity (Wildman–Crippen MR) is 72.6 cm³/mol. The van der Waals surface area contributed by atoms with E-state index in [2.05, 4.69) is 6.58 Å². The highest BCUT2D eigenvalue weighted by molar-refractivity contribution is 5.41. The number of benzene rings is 2. The van der Waals surface area contributed by atoms with Gasteiger partial charge in [-0.3, -0.25) is 0 Å². The van der Waals surface area contributed by atoms with Gasteiger partial charge in [-0.2, -0.15) is 0 Å². The Morgan fingerprint density at radius 3 is 2.45 bits per heavy atom. The van der Waals surface area contributed by atoms with Crippen molar-refractivity contribution < 1.29 is 18.6 Å². The molecule has 1 atom stereocenters. The molecular weight excluding hydrogens is 262 g/mol. The largest absolute Gasteiger partial charge is 0.489 e. The van der Waals surface area contributed by atoms with Gasteiger partial charge in [-0.05, 0) is 11.6 Å². The molecule has 0 aliphatic heterocycles. The van der Waals surface area contributed by atoms with Gasteiger partial charge >= 0.3 is 0 Å². The highest BCUT2D eigenvalue weighted by atomic mass is 19.2. The van der Waals surface area contributed by atoms with Crippen molar-refractivity contribution in [1.29, 1.82) is 0 Å². The van der Waals surface area contributed by atoms with Crippen LogP contribution in [0.3, 0.4) is 0 Å². The molecule has 2 rings (SSSR count). The van der Waals surface area contributed by atoms with Crippen LogP contribution in [0.4, 0.5) is 8.78 Å². The minimum absolute atomic E-state index is 0.0974. The molecule has 1 unspecified atom stereocenters. The van der Waals surface area contributed by atoms with E-state index in [0.717, 1.165) is 12.1 Å². The highest BCUT2D eigenvalue weighted by Crippen LogP contribution is 2.32. The first-order valence-electron chi connectivity index (χ1n) is 6.09. The van der Waals surface area contributed by atoms with E-state index in [9.17, 15) is 13.9 Å². The van der Waals surface area contributed by atoms with Crippen molar-refractivity contribution in [2.75, 3.05) is 6.61 Å². The van der Waals surface area contributed by atoms with Crippen LogP contribution in [0.1, 0.15) is 17.2 Å². The molecule has 0 aliphatic carbocycles. The van der Waals surface area contributed by atoms with Crippen LogP contribution in [0.2, 0.25) is 0 Å². The number of aliphatic hydroxyl groups excluding tert-OH is 1. The summed E-state index contributed by atoms with van der Waals surface area (Å²) in [6.07, 6.45) is 0.394. The molecule has 104 valence electrons. The third kappa shape index (κ3) is 3.03. The zero-order chi connectivity index (χ0) is 14.5. The maximum Gasteiger partial charge on any atom is 0.162 e. The van der Waals surface area contributed by atoms with E-state index in [1.165, 1.54) is 6.08 Å². The Labute approximate surface area is 115 Å². The fourth-order valence-corrected chi connectivity index (χ4v) is 1.85. The van der Waals surface area contributed by atoms with Crippen LogP contribution in [0.25, 0.3) is 0 Å². The van der Waals surface area contributed by atoms with Gasteiger partial charge in [0.05, 0.1) is 0 Å². The first-order valence-corrected chi connectivity index (χ1v) is 6.09. The molecule has 2 aromatic carbocycles. The smallest absolute Gasteiger partial charge is 0.162 e. The summed E-state index contributed by atoms with van der Waals surface area (Å²) >= 11 is 0. The van der Waals surface area contributed by atoms with Crippen molar-refractivity contribution >= 4 is 0 Å². The minimum Gasteiger partial charge on any atom is -0.489 e. The van der Waals surface area contributed by atoms with Crippen molar-refractivity contribution in [3.63, 3.8) is 0 Å². The first-order chi connectivity index (χ1) is 9.63. The maximum atomic E-state index is 13.4. The monoisotopic (exact) mass is 276 g/mol. The van der Waals surface area contributed by atoms with Crippen LogP contribution in [-0.2, 0) is 0 Å². The second-order valence-corrected chi connectivity index (χ2v) is 4.22. The Hall–Kier alpha value is -2.20. The normalized spacial score (nSPS) is 11.9. The molecule has 0 amide bonds. The molecule has 0 saturated heterocycles. The van der Waals surface area contributed by atoms with Crippen LogP contribution < -0.4 is 4.74 Å². The zero-order valence-corrected chi connectivity index (χ0v) is 10.7. The molecule has 0 bridgehead atoms. The molecule has 4 heteroatoms. The van der Waals surface area contributed by atoms with Crippen molar-refractivity contribution in [3.05, 3.63) is 77.9 Å². The van der Waals surface area contributed by atoms with Gasteiger partial charge in [-0.25, -0.2) is 8.78 Å². The molecule has 0 saturated carbocycles. The molecule has 0 heterocycles. The molecular formula is C16H14F2O2. The van der Waals surface area contributed by atoms with Crippen molar-refractivity contribution in [2.24, 2.45) is 0 Å². The van der Waals surface area contributed by atoms with Gasteiger partial charge in [0.1, 0.15) is 18.5 Å². The topological polar surface area (TPSA) is 29.5 Å². The molecule has 2 nitrogen and oxygen atoms in total. The fraction of sp³-hybridized carbons (Fsp3) is 0.125. The standard InChI is InChI=1S/C16H14F2O2/c1-2-8-20-15-10-14(18)13(17)9-12(15)16(19)11-6-4-3-5-7-11/h2-7,9-10,16,19H,1,8H2. The van der Waals surface area contributed by atoms with Gasteiger partial charge in [0.2, 0.25) is 0 Å². The molecule has 0 radical (unpaired) electrons. The minimum atomic E-state index is -1.09. The van der Waals surface area contributed by atoms with Gasteiger partial charge < -0.3 is 9.84 Å². The summed E-state index contributed by atoms with van der Waals surface area (Å²) in [4.78, 5) is 0. The molecule has 0 aliphatic rings. The third-order valence-corrected chi connectivity index (χ3v) is 2.82. The number of aliphatic hydroxyl groups is 1. The van der Waals surface area contributed by atoms with Crippen LogP contribution >= 0.6 is 0 Å². The number of ether oxygens (including phenoxy) is 1. The maximum absolute atomic E-state index is 13.4. The Bertz CT molecular complexity index is 597. The van der Waals surface area contributed by atoms with E-state index in [1.807, 2.05) is 0 Å². The van der Waals surface area contributed by atoms with E-state index < -0.39 is 17.7 Å². The third-order valence-electron chi connectivity index (χ3n) is 2.82. The quantitative estimate of drug-likeness (QED) is 0.845. The second-order valence-electron chi connectivity index (χ2n) is 4.22. The summed E-state index contributed by atoms with van der Waals surface area (Å²) in [6.45, 7) is 3.63. The van der Waals surface area contributed by atoms with Gasteiger partial charge in [0.15, 0.2) is 11.6 Å². The van der Waals surface area contributed by atoms with Crippen LogP contribution in [0.5, 0.6) is 5.75 Å². The number of rotatable bonds is 5. The lowest BCUT2D eigenvalue weighted by Gasteiger charge is -2.16. The summed E-state index contributed by atoms with van der Waals surface area (Å²) in [5.41, 5.74) is 0.749. The van der Waals surface area contributed by atoms with E-state index in [-0.39, 0.29) is 17.9 Å². The Morgan fingerprint density at radius 1 is 1.15 bits per heavy atom. The lowest BCUT2D eigenvalue weighted by molar-refractivity contribution is 0.212. The van der Waals surface area contributed by atoms with Crippen molar-refractivity contribution in [1.82, 2.24) is 0 Å².